The summed E-state index contributed by atoms with van der Waals surface area (Å²) in [6.45, 7) is 0. The van der Waals surface area contributed by atoms with E-state index < -0.39 is 0 Å². The summed E-state index contributed by atoms with van der Waals surface area (Å²) in [6, 6.07) is 7.63. The Hall–Kier alpha value is -1.01. The standard InChI is InChI=1S/C11H6ClIN2O/c12-8-4-2-1-3-7(8)10-6-16-11-9(13)5-14-15(10)11/h1-6H. The normalized spacial score (nSPS) is 11.1. The van der Waals surface area contributed by atoms with Crippen molar-refractivity contribution in [3.63, 3.8) is 0 Å². The second-order valence-corrected chi connectivity index (χ2v) is 4.88. The molecule has 0 unspecified atom stereocenters. The first-order valence-electron chi connectivity index (χ1n) is 4.63. The van der Waals surface area contributed by atoms with Gasteiger partial charge >= 0.3 is 0 Å². The van der Waals surface area contributed by atoms with Crippen LogP contribution in [0.25, 0.3) is 17.0 Å². The number of halogens is 2. The minimum atomic E-state index is 0.690. The number of fused-ring (bicyclic) bond motifs is 1. The van der Waals surface area contributed by atoms with E-state index in [-0.39, 0.29) is 0 Å². The number of hydrogen-bond donors (Lipinski definition) is 0. The van der Waals surface area contributed by atoms with Gasteiger partial charge in [-0.1, -0.05) is 29.8 Å². The lowest BCUT2D eigenvalue weighted by Crippen LogP contribution is -1.87. The van der Waals surface area contributed by atoms with E-state index in [2.05, 4.69) is 27.7 Å². The van der Waals surface area contributed by atoms with Gasteiger partial charge in [-0.2, -0.15) is 9.61 Å². The second kappa shape index (κ2) is 3.78. The largest absolute Gasteiger partial charge is 0.443 e. The van der Waals surface area contributed by atoms with E-state index in [4.69, 9.17) is 16.0 Å². The Balaban J connectivity index is 2.31. The molecule has 0 atom stereocenters. The zero-order valence-corrected chi connectivity index (χ0v) is 10.9. The highest BCUT2D eigenvalue weighted by Crippen LogP contribution is 2.29. The zero-order chi connectivity index (χ0) is 11.1. The third-order valence-corrected chi connectivity index (χ3v) is 3.41. The number of oxazole rings is 1. The molecule has 0 aliphatic carbocycles. The number of aromatic nitrogens is 2. The van der Waals surface area contributed by atoms with Gasteiger partial charge in [0.05, 0.1) is 14.8 Å². The van der Waals surface area contributed by atoms with Crippen molar-refractivity contribution in [1.29, 1.82) is 0 Å². The summed E-state index contributed by atoms with van der Waals surface area (Å²) in [5, 5.41) is 4.94. The van der Waals surface area contributed by atoms with E-state index >= 15 is 0 Å². The van der Waals surface area contributed by atoms with Gasteiger partial charge in [-0.05, 0) is 28.7 Å². The zero-order valence-electron chi connectivity index (χ0n) is 8.02. The number of benzene rings is 1. The van der Waals surface area contributed by atoms with Crippen LogP contribution in [0.1, 0.15) is 0 Å². The average Bonchev–Trinajstić information content (AvgIpc) is 2.83. The van der Waals surface area contributed by atoms with Gasteiger partial charge in [0.2, 0.25) is 5.71 Å². The molecule has 0 saturated heterocycles. The fourth-order valence-corrected chi connectivity index (χ4v) is 2.32. The van der Waals surface area contributed by atoms with Crippen molar-refractivity contribution in [1.82, 2.24) is 9.61 Å². The van der Waals surface area contributed by atoms with Crippen molar-refractivity contribution in [2.75, 3.05) is 0 Å². The Morgan fingerprint density at radius 2 is 2.12 bits per heavy atom. The highest BCUT2D eigenvalue weighted by Gasteiger charge is 2.13. The molecule has 16 heavy (non-hydrogen) atoms. The van der Waals surface area contributed by atoms with E-state index in [0.29, 0.717) is 5.02 Å². The summed E-state index contributed by atoms with van der Waals surface area (Å²) in [5.74, 6) is 0. The molecule has 0 aliphatic heterocycles. The second-order valence-electron chi connectivity index (χ2n) is 3.31. The highest BCUT2D eigenvalue weighted by atomic mass is 127. The van der Waals surface area contributed by atoms with Gasteiger partial charge in [-0.25, -0.2) is 0 Å². The fraction of sp³-hybridized carbons (Fsp3) is 0. The molecule has 2 aromatic heterocycles. The van der Waals surface area contributed by atoms with Crippen molar-refractivity contribution >= 4 is 39.9 Å². The summed E-state index contributed by atoms with van der Waals surface area (Å²) in [7, 11) is 0. The van der Waals surface area contributed by atoms with Crippen LogP contribution in [0.4, 0.5) is 0 Å². The molecule has 0 spiro atoms. The van der Waals surface area contributed by atoms with Crippen LogP contribution in [0, 0.1) is 3.57 Å². The topological polar surface area (TPSA) is 30.4 Å². The van der Waals surface area contributed by atoms with Gasteiger partial charge in [0.1, 0.15) is 12.0 Å². The van der Waals surface area contributed by atoms with E-state index in [1.807, 2.05) is 24.3 Å². The molecular formula is C11H6ClIN2O. The molecule has 0 amide bonds. The summed E-state index contributed by atoms with van der Waals surface area (Å²) in [5.41, 5.74) is 2.53. The average molecular weight is 345 g/mol. The number of nitrogens with zero attached hydrogens (tertiary/aromatic N) is 2. The lowest BCUT2D eigenvalue weighted by molar-refractivity contribution is 0.604. The Labute approximate surface area is 110 Å². The van der Waals surface area contributed by atoms with Crippen molar-refractivity contribution in [2.24, 2.45) is 0 Å². The Morgan fingerprint density at radius 1 is 1.31 bits per heavy atom. The van der Waals surface area contributed by atoms with E-state index in [1.54, 1.807) is 17.0 Å². The van der Waals surface area contributed by atoms with Crippen LogP contribution < -0.4 is 0 Å². The minimum Gasteiger partial charge on any atom is -0.443 e. The molecule has 3 aromatic rings. The molecule has 0 aliphatic rings. The number of hydrogen-bond acceptors (Lipinski definition) is 2. The first-order chi connectivity index (χ1) is 7.77. The summed E-state index contributed by atoms with van der Waals surface area (Å²) in [4.78, 5) is 0. The molecule has 0 N–H and O–H groups in total. The lowest BCUT2D eigenvalue weighted by atomic mass is 10.2. The quantitative estimate of drug-likeness (QED) is 0.628. The molecule has 1 aromatic carbocycles. The van der Waals surface area contributed by atoms with Crippen LogP contribution in [0.2, 0.25) is 5.02 Å². The van der Waals surface area contributed by atoms with Crippen LogP contribution in [-0.4, -0.2) is 9.61 Å². The smallest absolute Gasteiger partial charge is 0.235 e. The van der Waals surface area contributed by atoms with Crippen molar-refractivity contribution in [3.05, 3.63) is 45.3 Å². The van der Waals surface area contributed by atoms with Crippen LogP contribution in [0.5, 0.6) is 0 Å². The molecule has 0 bridgehead atoms. The maximum Gasteiger partial charge on any atom is 0.235 e. The highest BCUT2D eigenvalue weighted by molar-refractivity contribution is 14.1. The SMILES string of the molecule is Clc1ccccc1-c1coc2c(I)cnn12. The molecule has 5 heteroatoms. The van der Waals surface area contributed by atoms with Gasteiger partial charge in [0, 0.05) is 5.56 Å². The van der Waals surface area contributed by atoms with Crippen LogP contribution in [0.3, 0.4) is 0 Å². The first-order valence-corrected chi connectivity index (χ1v) is 6.08. The third kappa shape index (κ3) is 1.44. The lowest BCUT2D eigenvalue weighted by Gasteiger charge is -1.99. The fourth-order valence-electron chi connectivity index (χ4n) is 1.60. The maximum absolute atomic E-state index is 6.14. The van der Waals surface area contributed by atoms with E-state index in [1.165, 1.54) is 0 Å². The minimum absolute atomic E-state index is 0.690. The molecule has 80 valence electrons. The van der Waals surface area contributed by atoms with E-state index in [0.717, 1.165) is 20.5 Å². The van der Waals surface area contributed by atoms with Crippen LogP contribution in [0.15, 0.2) is 41.1 Å². The Bertz CT molecular complexity index is 659. The first kappa shape index (κ1) is 10.2. The van der Waals surface area contributed by atoms with Crippen molar-refractivity contribution in [3.8, 4) is 11.3 Å². The molecule has 2 heterocycles. The Kier molecular flexibility index (Phi) is 2.40. The summed E-state index contributed by atoms with van der Waals surface area (Å²) < 4.78 is 8.20. The third-order valence-electron chi connectivity index (χ3n) is 2.34. The van der Waals surface area contributed by atoms with Crippen LogP contribution >= 0.6 is 34.2 Å². The predicted molar refractivity (Wildman–Crippen MR) is 70.6 cm³/mol. The van der Waals surface area contributed by atoms with Crippen molar-refractivity contribution < 1.29 is 4.42 Å². The Morgan fingerprint density at radius 3 is 2.94 bits per heavy atom. The maximum atomic E-state index is 6.14. The molecular weight excluding hydrogens is 338 g/mol. The molecule has 0 saturated carbocycles. The van der Waals surface area contributed by atoms with Gasteiger partial charge in [-0.15, -0.1) is 0 Å². The van der Waals surface area contributed by atoms with Gasteiger partial charge in [0.25, 0.3) is 0 Å². The van der Waals surface area contributed by atoms with Crippen LogP contribution in [-0.2, 0) is 0 Å². The summed E-state index contributed by atoms with van der Waals surface area (Å²) in [6.07, 6.45) is 3.44. The summed E-state index contributed by atoms with van der Waals surface area (Å²) >= 11 is 8.32. The molecule has 0 fully saturated rings. The molecule has 3 rings (SSSR count). The molecule has 0 radical (unpaired) electrons. The van der Waals surface area contributed by atoms with Crippen molar-refractivity contribution in [2.45, 2.75) is 0 Å². The molecule has 3 nitrogen and oxygen atoms in total. The van der Waals surface area contributed by atoms with Gasteiger partial charge < -0.3 is 4.42 Å². The van der Waals surface area contributed by atoms with Gasteiger partial charge in [-0.3, -0.25) is 0 Å². The number of rotatable bonds is 1. The van der Waals surface area contributed by atoms with Gasteiger partial charge in [0.15, 0.2) is 0 Å². The predicted octanol–water partition coefficient (Wildman–Crippen LogP) is 3.85. The van der Waals surface area contributed by atoms with E-state index in [9.17, 15) is 0 Å². The monoisotopic (exact) mass is 344 g/mol.